The molecular weight excluding hydrogens is 288 g/mol. The third-order valence-electron chi connectivity index (χ3n) is 3.36. The molecule has 6 heteroatoms. The van der Waals surface area contributed by atoms with Crippen molar-refractivity contribution in [1.82, 2.24) is 9.78 Å². The van der Waals surface area contributed by atoms with Gasteiger partial charge in [0.2, 0.25) is 0 Å². The molecule has 0 aliphatic heterocycles. The van der Waals surface area contributed by atoms with Gasteiger partial charge in [0.25, 0.3) is 0 Å². The zero-order chi connectivity index (χ0) is 12.8. The fourth-order valence-electron chi connectivity index (χ4n) is 2.36. The lowest BCUT2D eigenvalue weighted by Crippen LogP contribution is -2.48. The van der Waals surface area contributed by atoms with Crippen LogP contribution in [-0.2, 0) is 18.3 Å². The number of carboxylic acids is 1. The molecule has 0 amide bonds. The van der Waals surface area contributed by atoms with Gasteiger partial charge in [-0.2, -0.15) is 5.10 Å². The molecule has 0 spiro atoms. The van der Waals surface area contributed by atoms with Crippen molar-refractivity contribution < 1.29 is 15.0 Å². The number of aryl methyl sites for hydroxylation is 2. The number of aliphatic hydroxyl groups is 1. The largest absolute Gasteiger partial charge is 0.481 e. The van der Waals surface area contributed by atoms with E-state index < -0.39 is 17.5 Å². The average Bonchev–Trinajstić information content (AvgIpc) is 2.41. The van der Waals surface area contributed by atoms with Crippen molar-refractivity contribution in [2.45, 2.75) is 31.8 Å². The molecule has 2 N–H and O–H groups in total. The summed E-state index contributed by atoms with van der Waals surface area (Å²) in [5.41, 5.74) is 0.889. The van der Waals surface area contributed by atoms with E-state index in [1.165, 1.54) is 0 Å². The van der Waals surface area contributed by atoms with Crippen molar-refractivity contribution in [3.63, 3.8) is 0 Å². The number of rotatable bonds is 3. The normalized spacial score (nSPS) is 27.9. The SMILES string of the molecule is Cc1nn(C)c(CC2(O)CC(C(=O)O)C2)c1Br. The molecule has 0 aromatic carbocycles. The number of aliphatic carboxylic acids is 1. The van der Waals surface area contributed by atoms with E-state index in [0.29, 0.717) is 19.3 Å². The first-order valence-electron chi connectivity index (χ1n) is 5.45. The summed E-state index contributed by atoms with van der Waals surface area (Å²) in [7, 11) is 1.82. The Kier molecular flexibility index (Phi) is 3.03. The number of nitrogens with zero attached hydrogens (tertiary/aromatic N) is 2. The summed E-state index contributed by atoms with van der Waals surface area (Å²) in [4.78, 5) is 10.7. The first kappa shape index (κ1) is 12.6. The second-order valence-corrected chi connectivity index (χ2v) is 5.61. The van der Waals surface area contributed by atoms with Crippen LogP contribution in [0, 0.1) is 12.8 Å². The van der Waals surface area contributed by atoms with Crippen LogP contribution in [0.3, 0.4) is 0 Å². The number of carboxylic acid groups (broad SMARTS) is 1. The Balaban J connectivity index is 2.10. The lowest BCUT2D eigenvalue weighted by atomic mass is 9.69. The highest BCUT2D eigenvalue weighted by atomic mass is 79.9. The van der Waals surface area contributed by atoms with E-state index in [4.69, 9.17) is 5.11 Å². The fraction of sp³-hybridized carbons (Fsp3) is 0.636. The summed E-state index contributed by atoms with van der Waals surface area (Å²) in [6.07, 6.45) is 1.08. The van der Waals surface area contributed by atoms with Crippen molar-refractivity contribution in [3.05, 3.63) is 15.9 Å². The standard InChI is InChI=1S/C11H15BrN2O3/c1-6-9(12)8(14(2)13-6)5-11(17)3-7(4-11)10(15)16/h7,17H,3-5H2,1-2H3,(H,15,16). The Morgan fingerprint density at radius 3 is 2.65 bits per heavy atom. The van der Waals surface area contributed by atoms with Gasteiger partial charge in [0.15, 0.2) is 0 Å². The molecule has 17 heavy (non-hydrogen) atoms. The Labute approximate surface area is 108 Å². The van der Waals surface area contributed by atoms with Gasteiger partial charge in [-0.05, 0) is 35.7 Å². The van der Waals surface area contributed by atoms with Crippen LogP contribution in [0.5, 0.6) is 0 Å². The smallest absolute Gasteiger partial charge is 0.306 e. The quantitative estimate of drug-likeness (QED) is 0.881. The molecule has 1 aliphatic carbocycles. The first-order valence-corrected chi connectivity index (χ1v) is 6.25. The van der Waals surface area contributed by atoms with E-state index >= 15 is 0 Å². The van der Waals surface area contributed by atoms with Crippen LogP contribution in [0.15, 0.2) is 4.47 Å². The van der Waals surface area contributed by atoms with Gasteiger partial charge in [-0.15, -0.1) is 0 Å². The van der Waals surface area contributed by atoms with Crippen LogP contribution in [0.2, 0.25) is 0 Å². The fourth-order valence-corrected chi connectivity index (χ4v) is 2.84. The second-order valence-electron chi connectivity index (χ2n) is 4.81. The molecule has 1 aromatic heterocycles. The maximum atomic E-state index is 10.7. The predicted octanol–water partition coefficient (Wildman–Crippen LogP) is 1.26. The second kappa shape index (κ2) is 4.10. The van der Waals surface area contributed by atoms with Gasteiger partial charge in [0.1, 0.15) is 0 Å². The van der Waals surface area contributed by atoms with Crippen molar-refractivity contribution >= 4 is 21.9 Å². The number of hydrogen-bond donors (Lipinski definition) is 2. The summed E-state index contributed by atoms with van der Waals surface area (Å²) in [6.45, 7) is 1.89. The van der Waals surface area contributed by atoms with Crippen molar-refractivity contribution in [2.75, 3.05) is 0 Å². The summed E-state index contributed by atoms with van der Waals surface area (Å²) in [5.74, 6) is -1.23. The minimum Gasteiger partial charge on any atom is -0.481 e. The highest BCUT2D eigenvalue weighted by Crippen LogP contribution is 2.41. The summed E-state index contributed by atoms with van der Waals surface area (Å²) >= 11 is 3.44. The van der Waals surface area contributed by atoms with Gasteiger partial charge >= 0.3 is 5.97 Å². The third kappa shape index (κ3) is 2.24. The van der Waals surface area contributed by atoms with Gasteiger partial charge in [0.05, 0.1) is 27.4 Å². The zero-order valence-electron chi connectivity index (χ0n) is 9.77. The number of halogens is 1. The highest BCUT2D eigenvalue weighted by molar-refractivity contribution is 9.10. The van der Waals surface area contributed by atoms with E-state index in [2.05, 4.69) is 21.0 Å². The van der Waals surface area contributed by atoms with Crippen molar-refractivity contribution in [2.24, 2.45) is 13.0 Å². The van der Waals surface area contributed by atoms with Crippen LogP contribution < -0.4 is 0 Å². The van der Waals surface area contributed by atoms with Crippen LogP contribution in [0.1, 0.15) is 24.2 Å². The summed E-state index contributed by atoms with van der Waals surface area (Å²) in [6, 6.07) is 0. The molecule has 0 bridgehead atoms. The van der Waals surface area contributed by atoms with Crippen LogP contribution in [-0.4, -0.2) is 31.6 Å². The average molecular weight is 303 g/mol. The van der Waals surface area contributed by atoms with Crippen molar-refractivity contribution in [1.29, 1.82) is 0 Å². The molecule has 0 radical (unpaired) electrons. The summed E-state index contributed by atoms with van der Waals surface area (Å²) in [5, 5.41) is 23.3. The molecule has 5 nitrogen and oxygen atoms in total. The molecule has 1 saturated carbocycles. The van der Waals surface area contributed by atoms with Crippen molar-refractivity contribution in [3.8, 4) is 0 Å². The Morgan fingerprint density at radius 1 is 1.65 bits per heavy atom. The van der Waals surface area contributed by atoms with Crippen LogP contribution >= 0.6 is 15.9 Å². The minimum absolute atomic E-state index is 0.318. The van der Waals surface area contributed by atoms with Crippen LogP contribution in [0.4, 0.5) is 0 Å². The number of aromatic nitrogens is 2. The van der Waals surface area contributed by atoms with Crippen LogP contribution in [0.25, 0.3) is 0 Å². The molecule has 1 aromatic rings. The van der Waals surface area contributed by atoms with Gasteiger partial charge in [0, 0.05) is 13.5 Å². The van der Waals surface area contributed by atoms with Gasteiger partial charge in [-0.1, -0.05) is 0 Å². The maximum Gasteiger partial charge on any atom is 0.306 e. The van der Waals surface area contributed by atoms with E-state index in [9.17, 15) is 9.90 Å². The predicted molar refractivity (Wildman–Crippen MR) is 64.7 cm³/mol. The van der Waals surface area contributed by atoms with E-state index in [1.54, 1.807) is 4.68 Å². The molecule has 2 rings (SSSR count). The van der Waals surface area contributed by atoms with E-state index in [0.717, 1.165) is 15.9 Å². The van der Waals surface area contributed by atoms with Gasteiger partial charge in [-0.3, -0.25) is 9.48 Å². The lowest BCUT2D eigenvalue weighted by molar-refractivity contribution is -0.158. The van der Waals surface area contributed by atoms with E-state index in [1.807, 2.05) is 14.0 Å². The molecule has 0 unspecified atom stereocenters. The zero-order valence-corrected chi connectivity index (χ0v) is 11.4. The first-order chi connectivity index (χ1) is 7.82. The Hall–Kier alpha value is -0.880. The molecule has 1 heterocycles. The molecular formula is C11H15BrN2O3. The number of hydrogen-bond acceptors (Lipinski definition) is 3. The minimum atomic E-state index is -0.897. The molecule has 0 saturated heterocycles. The molecule has 94 valence electrons. The molecule has 1 aliphatic rings. The topological polar surface area (TPSA) is 75.3 Å². The van der Waals surface area contributed by atoms with E-state index in [-0.39, 0.29) is 0 Å². The Morgan fingerprint density at radius 2 is 2.24 bits per heavy atom. The maximum absolute atomic E-state index is 10.7. The molecule has 1 fully saturated rings. The molecule has 0 atom stereocenters. The number of carbonyl (C=O) groups is 1. The summed E-state index contributed by atoms with van der Waals surface area (Å²) < 4.78 is 2.62. The lowest BCUT2D eigenvalue weighted by Gasteiger charge is -2.41. The third-order valence-corrected chi connectivity index (χ3v) is 4.39. The highest BCUT2D eigenvalue weighted by Gasteiger charge is 2.47. The Bertz CT molecular complexity index is 464. The van der Waals surface area contributed by atoms with Gasteiger partial charge in [-0.25, -0.2) is 0 Å². The monoisotopic (exact) mass is 302 g/mol. The van der Waals surface area contributed by atoms with Gasteiger partial charge < -0.3 is 10.2 Å².